The first-order chi connectivity index (χ1) is 7.63. The molecule has 0 fully saturated rings. The Bertz CT molecular complexity index is 292. The summed E-state index contributed by atoms with van der Waals surface area (Å²) in [6.45, 7) is 6.54. The summed E-state index contributed by atoms with van der Waals surface area (Å²) in [5.74, 6) is 1.76. The van der Waals surface area contributed by atoms with E-state index in [0.29, 0.717) is 12.0 Å². The van der Waals surface area contributed by atoms with Crippen LogP contribution in [0.5, 0.6) is 0 Å². The summed E-state index contributed by atoms with van der Waals surface area (Å²) in [5, 5.41) is 0. The summed E-state index contributed by atoms with van der Waals surface area (Å²) in [6.07, 6.45) is 2.28. The van der Waals surface area contributed by atoms with Crippen LogP contribution in [0.25, 0.3) is 0 Å². The van der Waals surface area contributed by atoms with E-state index >= 15 is 0 Å². The van der Waals surface area contributed by atoms with Gasteiger partial charge in [0.2, 0.25) is 0 Å². The zero-order valence-electron chi connectivity index (χ0n) is 10.6. The van der Waals surface area contributed by atoms with Crippen molar-refractivity contribution in [2.75, 3.05) is 5.75 Å². The molecule has 0 aliphatic rings. The Balaban J connectivity index is 2.52. The lowest BCUT2D eigenvalue weighted by Crippen LogP contribution is -2.15. The summed E-state index contributed by atoms with van der Waals surface area (Å²) in [5.41, 5.74) is 7.21. The van der Waals surface area contributed by atoms with E-state index < -0.39 is 0 Å². The van der Waals surface area contributed by atoms with Crippen molar-refractivity contribution in [3.8, 4) is 0 Å². The smallest absolute Gasteiger partial charge is 0.00720 e. The number of rotatable bonds is 6. The maximum Gasteiger partial charge on any atom is 0.00720 e. The molecule has 0 aromatic heterocycles. The Kier molecular flexibility index (Phi) is 5.93. The van der Waals surface area contributed by atoms with Gasteiger partial charge in [-0.2, -0.15) is 0 Å². The molecule has 2 heteroatoms. The summed E-state index contributed by atoms with van der Waals surface area (Å²) >= 11 is 1.89. The van der Waals surface area contributed by atoms with Gasteiger partial charge in [0.1, 0.15) is 0 Å². The van der Waals surface area contributed by atoms with Crippen LogP contribution in [0, 0.1) is 0 Å². The van der Waals surface area contributed by atoms with E-state index in [1.54, 1.807) is 0 Å². The van der Waals surface area contributed by atoms with Gasteiger partial charge < -0.3 is 5.73 Å². The van der Waals surface area contributed by atoms with Gasteiger partial charge in [-0.15, -0.1) is 11.8 Å². The number of hydrogen-bond acceptors (Lipinski definition) is 2. The fourth-order valence-corrected chi connectivity index (χ4v) is 2.40. The molecule has 0 saturated heterocycles. The molecular weight excluding hydrogens is 214 g/mol. The topological polar surface area (TPSA) is 26.0 Å². The van der Waals surface area contributed by atoms with Crippen LogP contribution in [0.2, 0.25) is 0 Å². The lowest BCUT2D eigenvalue weighted by molar-refractivity contribution is 0.568. The van der Waals surface area contributed by atoms with Crippen LogP contribution in [0.4, 0.5) is 0 Å². The minimum Gasteiger partial charge on any atom is -0.328 e. The van der Waals surface area contributed by atoms with Crippen molar-refractivity contribution in [2.45, 2.75) is 50.5 Å². The molecule has 1 rings (SSSR count). The van der Waals surface area contributed by atoms with Gasteiger partial charge >= 0.3 is 0 Å². The molecule has 1 nitrogen and oxygen atoms in total. The maximum atomic E-state index is 5.78. The second-order valence-corrected chi connectivity index (χ2v) is 5.80. The maximum absolute atomic E-state index is 5.78. The molecule has 0 radical (unpaired) electrons. The van der Waals surface area contributed by atoms with Gasteiger partial charge in [0.15, 0.2) is 0 Å². The Labute approximate surface area is 104 Å². The third kappa shape index (κ3) is 4.58. The first-order valence-corrected chi connectivity index (χ1v) is 7.10. The predicted octanol–water partition coefficient (Wildman–Crippen LogP) is 4.03. The molecule has 1 aromatic rings. The van der Waals surface area contributed by atoms with Gasteiger partial charge in [0, 0.05) is 10.9 Å². The molecule has 0 heterocycles. The zero-order chi connectivity index (χ0) is 12.0. The van der Waals surface area contributed by atoms with Crippen molar-refractivity contribution in [1.29, 1.82) is 0 Å². The molecule has 2 atom stereocenters. The lowest BCUT2D eigenvalue weighted by atomic mass is 9.95. The van der Waals surface area contributed by atoms with E-state index in [0.717, 1.165) is 12.2 Å². The Morgan fingerprint density at radius 3 is 2.25 bits per heavy atom. The van der Waals surface area contributed by atoms with Crippen LogP contribution in [-0.4, -0.2) is 11.8 Å². The van der Waals surface area contributed by atoms with Crippen LogP contribution in [0.1, 0.15) is 45.1 Å². The zero-order valence-corrected chi connectivity index (χ0v) is 11.4. The molecule has 90 valence electrons. The third-order valence-corrected chi connectivity index (χ3v) is 3.71. The largest absolute Gasteiger partial charge is 0.328 e. The molecule has 2 N–H and O–H groups in total. The standard InChI is InChI=1S/C14H23NS/c1-4-16-14-9-7-13(8-10-14)11(2)5-6-12(3)15/h7-12H,4-6,15H2,1-3H3. The summed E-state index contributed by atoms with van der Waals surface area (Å²) in [4.78, 5) is 1.37. The lowest BCUT2D eigenvalue weighted by Gasteiger charge is -2.13. The first kappa shape index (κ1) is 13.6. The number of hydrogen-bond donors (Lipinski definition) is 1. The summed E-state index contributed by atoms with van der Waals surface area (Å²) in [7, 11) is 0. The van der Waals surface area contributed by atoms with Gasteiger partial charge in [0.05, 0.1) is 0 Å². The molecule has 2 unspecified atom stereocenters. The number of thioether (sulfide) groups is 1. The van der Waals surface area contributed by atoms with Crippen LogP contribution in [-0.2, 0) is 0 Å². The molecule has 16 heavy (non-hydrogen) atoms. The second kappa shape index (κ2) is 6.97. The first-order valence-electron chi connectivity index (χ1n) is 6.11. The Morgan fingerprint density at radius 1 is 1.12 bits per heavy atom. The van der Waals surface area contributed by atoms with Gasteiger partial charge in [-0.1, -0.05) is 26.0 Å². The number of benzene rings is 1. The molecule has 0 amide bonds. The fraction of sp³-hybridized carbons (Fsp3) is 0.571. The van der Waals surface area contributed by atoms with Crippen LogP contribution >= 0.6 is 11.8 Å². The SMILES string of the molecule is CCSc1ccc(C(C)CCC(C)N)cc1. The van der Waals surface area contributed by atoms with Crippen LogP contribution < -0.4 is 5.73 Å². The average Bonchev–Trinajstić information content (AvgIpc) is 2.27. The van der Waals surface area contributed by atoms with E-state index in [4.69, 9.17) is 5.73 Å². The Hall–Kier alpha value is -0.470. The highest BCUT2D eigenvalue weighted by Crippen LogP contribution is 2.24. The van der Waals surface area contributed by atoms with Crippen molar-refractivity contribution < 1.29 is 0 Å². The third-order valence-electron chi connectivity index (χ3n) is 2.82. The minimum atomic E-state index is 0.317. The quantitative estimate of drug-likeness (QED) is 0.756. The summed E-state index contributed by atoms with van der Waals surface area (Å²) in [6, 6.07) is 9.28. The highest BCUT2D eigenvalue weighted by atomic mass is 32.2. The van der Waals surface area contributed by atoms with Gasteiger partial charge in [-0.05, 0) is 49.1 Å². The highest BCUT2D eigenvalue weighted by Gasteiger charge is 2.06. The second-order valence-electron chi connectivity index (χ2n) is 4.46. The molecule has 0 saturated carbocycles. The van der Waals surface area contributed by atoms with Gasteiger partial charge in [-0.25, -0.2) is 0 Å². The van der Waals surface area contributed by atoms with Crippen molar-refractivity contribution in [2.24, 2.45) is 5.73 Å². The van der Waals surface area contributed by atoms with Crippen LogP contribution in [0.3, 0.4) is 0 Å². The Morgan fingerprint density at radius 2 is 1.75 bits per heavy atom. The van der Waals surface area contributed by atoms with Crippen molar-refractivity contribution in [1.82, 2.24) is 0 Å². The molecule has 0 aliphatic heterocycles. The molecule has 0 aliphatic carbocycles. The monoisotopic (exact) mass is 237 g/mol. The normalized spacial score (nSPS) is 14.8. The molecule has 0 bridgehead atoms. The minimum absolute atomic E-state index is 0.317. The summed E-state index contributed by atoms with van der Waals surface area (Å²) < 4.78 is 0. The van der Waals surface area contributed by atoms with E-state index in [2.05, 4.69) is 45.0 Å². The van der Waals surface area contributed by atoms with Gasteiger partial charge in [-0.3, -0.25) is 0 Å². The van der Waals surface area contributed by atoms with Crippen LogP contribution in [0.15, 0.2) is 29.2 Å². The number of nitrogens with two attached hydrogens (primary N) is 1. The van der Waals surface area contributed by atoms with E-state index in [9.17, 15) is 0 Å². The van der Waals surface area contributed by atoms with E-state index in [1.807, 2.05) is 11.8 Å². The molecular formula is C14H23NS. The predicted molar refractivity (Wildman–Crippen MR) is 74.1 cm³/mol. The molecule has 1 aromatic carbocycles. The molecule has 0 spiro atoms. The average molecular weight is 237 g/mol. The van der Waals surface area contributed by atoms with Crippen molar-refractivity contribution in [3.05, 3.63) is 29.8 Å². The van der Waals surface area contributed by atoms with Crippen molar-refractivity contribution >= 4 is 11.8 Å². The highest BCUT2D eigenvalue weighted by molar-refractivity contribution is 7.99. The van der Waals surface area contributed by atoms with Crippen molar-refractivity contribution in [3.63, 3.8) is 0 Å². The van der Waals surface area contributed by atoms with Gasteiger partial charge in [0.25, 0.3) is 0 Å². The van der Waals surface area contributed by atoms with E-state index in [1.165, 1.54) is 16.9 Å². The fourth-order valence-electron chi connectivity index (χ4n) is 1.74. The van der Waals surface area contributed by atoms with E-state index in [-0.39, 0.29) is 0 Å².